The topological polar surface area (TPSA) is 75.8 Å². The van der Waals surface area contributed by atoms with Crippen LogP contribution in [0.2, 0.25) is 0 Å². The van der Waals surface area contributed by atoms with Crippen LogP contribution in [0.4, 0.5) is 5.88 Å². The summed E-state index contributed by atoms with van der Waals surface area (Å²) in [7, 11) is 0. The molecule has 0 fully saturated rings. The maximum Gasteiger partial charge on any atom is 0.236 e. The minimum Gasteiger partial charge on any atom is -0.367 e. The summed E-state index contributed by atoms with van der Waals surface area (Å²) in [6, 6.07) is 2.00. The molecule has 0 aliphatic carbocycles. The van der Waals surface area contributed by atoms with E-state index in [9.17, 15) is 0 Å². The van der Waals surface area contributed by atoms with Crippen molar-refractivity contribution in [2.75, 3.05) is 11.5 Å². The van der Waals surface area contributed by atoms with Crippen molar-refractivity contribution in [2.45, 2.75) is 11.8 Å². The second-order valence-corrected chi connectivity index (χ2v) is 2.89. The normalized spacial score (nSPS) is 9.45. The van der Waals surface area contributed by atoms with Crippen molar-refractivity contribution >= 4 is 17.6 Å². The van der Waals surface area contributed by atoms with Crippen LogP contribution in [-0.4, -0.2) is 10.9 Å². The minimum absolute atomic E-state index is 0.294. The molecule has 0 saturated heterocycles. The van der Waals surface area contributed by atoms with Gasteiger partial charge in [-0.2, -0.15) is 5.26 Å². The quantitative estimate of drug-likeness (QED) is 0.673. The van der Waals surface area contributed by atoms with E-state index >= 15 is 0 Å². The first-order chi connectivity index (χ1) is 5.25. The number of hydrogen-bond donors (Lipinski definition) is 1. The van der Waals surface area contributed by atoms with Crippen molar-refractivity contribution < 1.29 is 4.52 Å². The van der Waals surface area contributed by atoms with E-state index in [2.05, 4.69) is 9.68 Å². The van der Waals surface area contributed by atoms with E-state index < -0.39 is 0 Å². The van der Waals surface area contributed by atoms with Crippen molar-refractivity contribution in [3.05, 3.63) is 5.69 Å². The van der Waals surface area contributed by atoms with Gasteiger partial charge in [-0.25, -0.2) is 0 Å². The van der Waals surface area contributed by atoms with Gasteiger partial charge in [-0.15, -0.1) is 11.8 Å². The third kappa shape index (κ3) is 1.65. The third-order valence-corrected chi connectivity index (χ3v) is 2.17. The number of anilines is 1. The summed E-state index contributed by atoms with van der Waals surface area (Å²) >= 11 is 1.34. The van der Waals surface area contributed by atoms with Gasteiger partial charge in [0.2, 0.25) is 5.88 Å². The Bertz CT molecular complexity index is 269. The van der Waals surface area contributed by atoms with Crippen LogP contribution in [0, 0.1) is 18.3 Å². The van der Waals surface area contributed by atoms with Crippen LogP contribution in [0.3, 0.4) is 0 Å². The zero-order valence-electron chi connectivity index (χ0n) is 6.00. The molecule has 0 amide bonds. The molecule has 5 heteroatoms. The Labute approximate surface area is 68.3 Å². The van der Waals surface area contributed by atoms with Crippen LogP contribution >= 0.6 is 11.8 Å². The zero-order chi connectivity index (χ0) is 8.27. The summed E-state index contributed by atoms with van der Waals surface area (Å²) in [6.07, 6.45) is 0. The molecule has 0 unspecified atom stereocenters. The van der Waals surface area contributed by atoms with E-state index in [0.717, 1.165) is 10.6 Å². The maximum atomic E-state index is 8.28. The highest BCUT2D eigenvalue weighted by atomic mass is 32.2. The van der Waals surface area contributed by atoms with E-state index in [1.807, 2.05) is 6.07 Å². The van der Waals surface area contributed by atoms with Gasteiger partial charge in [0.1, 0.15) is 0 Å². The lowest BCUT2D eigenvalue weighted by molar-refractivity contribution is 0.430. The number of nitriles is 1. The second kappa shape index (κ2) is 3.30. The fourth-order valence-electron chi connectivity index (χ4n) is 0.659. The van der Waals surface area contributed by atoms with Crippen LogP contribution in [-0.2, 0) is 0 Å². The van der Waals surface area contributed by atoms with Gasteiger partial charge in [-0.1, -0.05) is 5.16 Å². The van der Waals surface area contributed by atoms with Crippen molar-refractivity contribution in [3.63, 3.8) is 0 Å². The lowest BCUT2D eigenvalue weighted by Gasteiger charge is -1.91. The summed E-state index contributed by atoms with van der Waals surface area (Å²) in [6.45, 7) is 1.79. The van der Waals surface area contributed by atoms with E-state index in [-0.39, 0.29) is 0 Å². The fraction of sp³-hybridized carbons (Fsp3) is 0.333. The minimum atomic E-state index is 0.294. The van der Waals surface area contributed by atoms with Gasteiger partial charge >= 0.3 is 0 Å². The summed E-state index contributed by atoms with van der Waals surface area (Å²) < 4.78 is 4.69. The molecule has 0 radical (unpaired) electrons. The van der Waals surface area contributed by atoms with E-state index in [1.54, 1.807) is 6.92 Å². The van der Waals surface area contributed by atoms with Crippen molar-refractivity contribution in [1.29, 1.82) is 5.26 Å². The maximum absolute atomic E-state index is 8.28. The molecule has 2 N–H and O–H groups in total. The highest BCUT2D eigenvalue weighted by Gasteiger charge is 2.08. The highest BCUT2D eigenvalue weighted by Crippen LogP contribution is 2.27. The summed E-state index contributed by atoms with van der Waals surface area (Å²) in [5.74, 6) is 0.662. The molecule has 0 atom stereocenters. The average Bonchev–Trinajstić information content (AvgIpc) is 2.29. The summed E-state index contributed by atoms with van der Waals surface area (Å²) in [5, 5.41) is 11.9. The Balaban J connectivity index is 2.77. The van der Waals surface area contributed by atoms with Crippen molar-refractivity contribution in [2.24, 2.45) is 0 Å². The first-order valence-corrected chi connectivity index (χ1v) is 3.95. The molecule has 0 aliphatic heterocycles. The Morgan fingerprint density at radius 1 is 1.82 bits per heavy atom. The third-order valence-electron chi connectivity index (χ3n) is 1.11. The van der Waals surface area contributed by atoms with E-state index in [0.29, 0.717) is 11.6 Å². The van der Waals surface area contributed by atoms with Gasteiger partial charge in [0.25, 0.3) is 0 Å². The highest BCUT2D eigenvalue weighted by molar-refractivity contribution is 7.99. The van der Waals surface area contributed by atoms with Crippen LogP contribution in [0.15, 0.2) is 9.42 Å². The molecule has 0 spiro atoms. The number of aromatic nitrogens is 1. The number of nitrogens with zero attached hydrogens (tertiary/aromatic N) is 2. The number of nitrogens with two attached hydrogens (primary N) is 1. The summed E-state index contributed by atoms with van der Waals surface area (Å²) in [5.41, 5.74) is 6.16. The lowest BCUT2D eigenvalue weighted by atomic mass is 10.5. The van der Waals surface area contributed by atoms with Gasteiger partial charge in [0.15, 0.2) is 0 Å². The number of aryl methyl sites for hydroxylation is 1. The Hall–Kier alpha value is -1.15. The van der Waals surface area contributed by atoms with E-state index in [4.69, 9.17) is 11.0 Å². The van der Waals surface area contributed by atoms with Gasteiger partial charge in [0, 0.05) is 0 Å². The molecule has 0 aliphatic rings. The first kappa shape index (κ1) is 7.95. The fourth-order valence-corrected chi connectivity index (χ4v) is 1.29. The number of nitrogen functional groups attached to an aromatic ring is 1. The number of hydrogen-bond acceptors (Lipinski definition) is 5. The zero-order valence-corrected chi connectivity index (χ0v) is 6.81. The van der Waals surface area contributed by atoms with Crippen LogP contribution in [0.25, 0.3) is 0 Å². The molecule has 1 aromatic heterocycles. The van der Waals surface area contributed by atoms with E-state index in [1.165, 1.54) is 11.8 Å². The SMILES string of the molecule is Cc1noc(N)c1SCC#N. The Morgan fingerprint density at radius 3 is 3.00 bits per heavy atom. The predicted octanol–water partition coefficient (Wildman–Crippen LogP) is 1.18. The predicted molar refractivity (Wildman–Crippen MR) is 42.0 cm³/mol. The molecule has 1 aromatic rings. The van der Waals surface area contributed by atoms with Crippen molar-refractivity contribution in [3.8, 4) is 6.07 Å². The number of thioether (sulfide) groups is 1. The molecule has 58 valence electrons. The molecule has 0 bridgehead atoms. The Morgan fingerprint density at radius 2 is 2.55 bits per heavy atom. The molecule has 1 heterocycles. The van der Waals surface area contributed by atoms with Crippen LogP contribution in [0.5, 0.6) is 0 Å². The first-order valence-electron chi connectivity index (χ1n) is 2.97. The lowest BCUT2D eigenvalue weighted by Crippen LogP contribution is -1.84. The molecular weight excluding hydrogens is 162 g/mol. The van der Waals surface area contributed by atoms with Gasteiger partial charge in [0.05, 0.1) is 22.4 Å². The van der Waals surface area contributed by atoms with Gasteiger partial charge in [-0.05, 0) is 6.92 Å². The van der Waals surface area contributed by atoms with Gasteiger partial charge in [-0.3, -0.25) is 0 Å². The Kier molecular flexibility index (Phi) is 2.39. The molecule has 0 aromatic carbocycles. The molecule has 11 heavy (non-hydrogen) atoms. The second-order valence-electron chi connectivity index (χ2n) is 1.91. The molecule has 1 rings (SSSR count). The monoisotopic (exact) mass is 169 g/mol. The average molecular weight is 169 g/mol. The largest absolute Gasteiger partial charge is 0.367 e. The van der Waals surface area contributed by atoms with Crippen LogP contribution < -0.4 is 5.73 Å². The smallest absolute Gasteiger partial charge is 0.236 e. The number of rotatable bonds is 2. The van der Waals surface area contributed by atoms with Gasteiger partial charge < -0.3 is 10.3 Å². The summed E-state index contributed by atoms with van der Waals surface area (Å²) in [4.78, 5) is 0.770. The molecule has 4 nitrogen and oxygen atoms in total. The van der Waals surface area contributed by atoms with Crippen LogP contribution in [0.1, 0.15) is 5.69 Å². The molecule has 0 saturated carbocycles. The van der Waals surface area contributed by atoms with Crippen molar-refractivity contribution in [1.82, 2.24) is 5.16 Å². The molecular formula is C6H7N3OS. The standard InChI is InChI=1S/C6H7N3OS/c1-4-5(11-3-2-7)6(8)10-9-4/h3,8H2,1H3.